The number of rotatable bonds is 6. The van der Waals surface area contributed by atoms with Crippen molar-refractivity contribution in [2.75, 3.05) is 5.32 Å². The first-order valence-electron chi connectivity index (χ1n) is 11.5. The summed E-state index contributed by atoms with van der Waals surface area (Å²) in [5.74, 6) is -3.39. The fourth-order valence-electron chi connectivity index (χ4n) is 4.08. The monoisotopic (exact) mass is 497 g/mol. The molecule has 5 nitrogen and oxygen atoms in total. The van der Waals surface area contributed by atoms with Crippen molar-refractivity contribution in [2.45, 2.75) is 13.2 Å². The Morgan fingerprint density at radius 1 is 0.676 bits per heavy atom. The summed E-state index contributed by atoms with van der Waals surface area (Å²) in [6.45, 7) is -0.147. The maximum absolute atomic E-state index is 14.0. The average Bonchev–Trinajstić information content (AvgIpc) is 2.92. The lowest BCUT2D eigenvalue weighted by molar-refractivity contribution is 0.0475. The molecule has 0 aliphatic heterocycles. The summed E-state index contributed by atoms with van der Waals surface area (Å²) in [7, 11) is 0. The molecule has 0 fully saturated rings. The minimum atomic E-state index is -1.24. The van der Waals surface area contributed by atoms with Gasteiger partial charge in [-0.3, -0.25) is 5.32 Å². The molecule has 184 valence electrons. The van der Waals surface area contributed by atoms with Crippen LogP contribution in [0.2, 0.25) is 0 Å². The summed E-state index contributed by atoms with van der Waals surface area (Å²) in [5.41, 5.74) is 0.902. The van der Waals surface area contributed by atoms with E-state index >= 15 is 0 Å². The number of carbonyl (C=O) groups is 2. The summed E-state index contributed by atoms with van der Waals surface area (Å²) in [4.78, 5) is 25.3. The maximum atomic E-state index is 14.0. The molecule has 1 amide bonds. The van der Waals surface area contributed by atoms with Crippen LogP contribution >= 0.6 is 0 Å². The molecule has 0 aliphatic carbocycles. The molecule has 0 aromatic heterocycles. The largest absolute Gasteiger partial charge is 0.457 e. The van der Waals surface area contributed by atoms with E-state index in [1.54, 1.807) is 0 Å². The molecule has 1 N–H and O–H groups in total. The Bertz CT molecular complexity index is 1630. The molecule has 0 unspecified atom stereocenters. The predicted octanol–water partition coefficient (Wildman–Crippen LogP) is 7.38. The summed E-state index contributed by atoms with van der Waals surface area (Å²) >= 11 is 0. The molecule has 5 rings (SSSR count). The van der Waals surface area contributed by atoms with Crippen LogP contribution in [0.3, 0.4) is 0 Å². The number of esters is 1. The minimum absolute atomic E-state index is 0.0544. The fraction of sp³-hybridized carbons (Fsp3) is 0.0667. The molecule has 37 heavy (non-hydrogen) atoms. The molecular formula is C30H21F2NO4. The van der Waals surface area contributed by atoms with Crippen LogP contribution < -0.4 is 5.32 Å². The van der Waals surface area contributed by atoms with Gasteiger partial charge in [0, 0.05) is 6.07 Å². The van der Waals surface area contributed by atoms with Crippen LogP contribution in [0.1, 0.15) is 21.5 Å². The van der Waals surface area contributed by atoms with E-state index < -0.39 is 23.7 Å². The molecular weight excluding hydrogens is 476 g/mol. The van der Waals surface area contributed by atoms with E-state index in [0.717, 1.165) is 38.7 Å². The second kappa shape index (κ2) is 10.5. The van der Waals surface area contributed by atoms with Crippen LogP contribution in [0.5, 0.6) is 0 Å². The zero-order valence-electron chi connectivity index (χ0n) is 19.5. The van der Waals surface area contributed by atoms with Crippen molar-refractivity contribution < 1.29 is 27.8 Å². The number of fused-ring (bicyclic) bond motifs is 2. The zero-order valence-corrected chi connectivity index (χ0v) is 19.5. The highest BCUT2D eigenvalue weighted by molar-refractivity contribution is 6.00. The number of hydrogen-bond acceptors (Lipinski definition) is 4. The van der Waals surface area contributed by atoms with Crippen molar-refractivity contribution in [1.82, 2.24) is 0 Å². The van der Waals surface area contributed by atoms with Crippen molar-refractivity contribution in [3.8, 4) is 0 Å². The Kier molecular flexibility index (Phi) is 6.76. The van der Waals surface area contributed by atoms with Gasteiger partial charge in [0.05, 0.1) is 11.3 Å². The lowest BCUT2D eigenvalue weighted by Gasteiger charge is -2.13. The SMILES string of the molecule is O=C(Nc1cc(F)c(F)cc1C(=O)OCc1cccc2ccccc12)OCc1ccc2ccccc2c1. The van der Waals surface area contributed by atoms with Gasteiger partial charge < -0.3 is 9.47 Å². The van der Waals surface area contributed by atoms with E-state index in [1.807, 2.05) is 84.9 Å². The van der Waals surface area contributed by atoms with E-state index in [-0.39, 0.29) is 24.5 Å². The Morgan fingerprint density at radius 3 is 2.22 bits per heavy atom. The van der Waals surface area contributed by atoms with Crippen LogP contribution in [-0.4, -0.2) is 12.1 Å². The summed E-state index contributed by atoms with van der Waals surface area (Å²) < 4.78 is 38.6. The second-order valence-corrected chi connectivity index (χ2v) is 8.41. The maximum Gasteiger partial charge on any atom is 0.411 e. The molecule has 0 saturated carbocycles. The van der Waals surface area contributed by atoms with Crippen LogP contribution in [0, 0.1) is 11.6 Å². The van der Waals surface area contributed by atoms with E-state index in [4.69, 9.17) is 9.47 Å². The Balaban J connectivity index is 1.29. The highest BCUT2D eigenvalue weighted by Crippen LogP contribution is 2.24. The van der Waals surface area contributed by atoms with Gasteiger partial charge in [-0.1, -0.05) is 78.9 Å². The first kappa shape index (κ1) is 23.9. The van der Waals surface area contributed by atoms with Crippen LogP contribution in [0.4, 0.5) is 19.3 Å². The highest BCUT2D eigenvalue weighted by atomic mass is 19.2. The third-order valence-corrected chi connectivity index (χ3v) is 5.94. The smallest absolute Gasteiger partial charge is 0.411 e. The number of benzene rings is 5. The van der Waals surface area contributed by atoms with Crippen LogP contribution in [0.15, 0.2) is 97.1 Å². The number of halogens is 2. The molecule has 5 aromatic carbocycles. The van der Waals surface area contributed by atoms with Gasteiger partial charge in [-0.05, 0) is 44.8 Å². The number of carbonyl (C=O) groups excluding carboxylic acids is 2. The predicted molar refractivity (Wildman–Crippen MR) is 137 cm³/mol. The summed E-state index contributed by atoms with van der Waals surface area (Å²) in [5, 5.41) is 6.23. The number of anilines is 1. The number of hydrogen-bond donors (Lipinski definition) is 1. The molecule has 7 heteroatoms. The number of amides is 1. The van der Waals surface area contributed by atoms with Gasteiger partial charge in [-0.25, -0.2) is 18.4 Å². The third-order valence-electron chi connectivity index (χ3n) is 5.94. The van der Waals surface area contributed by atoms with Crippen molar-refractivity contribution >= 4 is 39.3 Å². The highest BCUT2D eigenvalue weighted by Gasteiger charge is 2.20. The Hall–Kier alpha value is -4.78. The van der Waals surface area contributed by atoms with E-state index in [9.17, 15) is 18.4 Å². The minimum Gasteiger partial charge on any atom is -0.457 e. The van der Waals surface area contributed by atoms with Crippen molar-refractivity contribution in [3.63, 3.8) is 0 Å². The Morgan fingerprint density at radius 2 is 1.38 bits per heavy atom. The van der Waals surface area contributed by atoms with E-state index in [0.29, 0.717) is 6.07 Å². The fourth-order valence-corrected chi connectivity index (χ4v) is 4.08. The summed E-state index contributed by atoms with van der Waals surface area (Å²) in [6, 6.07) is 28.0. The van der Waals surface area contributed by atoms with E-state index in [2.05, 4.69) is 5.32 Å². The van der Waals surface area contributed by atoms with Gasteiger partial charge >= 0.3 is 12.1 Å². The first-order chi connectivity index (χ1) is 18.0. The third kappa shape index (κ3) is 5.41. The molecule has 0 saturated heterocycles. The van der Waals surface area contributed by atoms with E-state index in [1.165, 1.54) is 0 Å². The lowest BCUT2D eigenvalue weighted by atomic mass is 10.1. The van der Waals surface area contributed by atoms with Gasteiger partial charge in [-0.2, -0.15) is 0 Å². The molecule has 0 aliphatic rings. The Labute approximate surface area is 211 Å². The molecule has 0 heterocycles. The van der Waals surface area contributed by atoms with Gasteiger partial charge in [-0.15, -0.1) is 0 Å². The van der Waals surface area contributed by atoms with Gasteiger partial charge in [0.1, 0.15) is 13.2 Å². The quantitative estimate of drug-likeness (QED) is 0.249. The number of ether oxygens (including phenoxy) is 2. The second-order valence-electron chi connectivity index (χ2n) is 8.41. The molecule has 0 bridgehead atoms. The summed E-state index contributed by atoms with van der Waals surface area (Å²) in [6.07, 6.45) is -0.928. The van der Waals surface area contributed by atoms with Crippen molar-refractivity contribution in [2.24, 2.45) is 0 Å². The average molecular weight is 497 g/mol. The molecule has 0 spiro atoms. The van der Waals surface area contributed by atoms with Gasteiger partial charge in [0.15, 0.2) is 11.6 Å². The topological polar surface area (TPSA) is 64.6 Å². The van der Waals surface area contributed by atoms with Gasteiger partial charge in [0.2, 0.25) is 0 Å². The molecule has 0 radical (unpaired) electrons. The lowest BCUT2D eigenvalue weighted by Crippen LogP contribution is -2.17. The number of nitrogens with one attached hydrogen (secondary N) is 1. The van der Waals surface area contributed by atoms with Gasteiger partial charge in [0.25, 0.3) is 0 Å². The first-order valence-corrected chi connectivity index (χ1v) is 11.5. The van der Waals surface area contributed by atoms with Crippen molar-refractivity contribution in [1.29, 1.82) is 0 Å². The molecule has 0 atom stereocenters. The molecule has 5 aromatic rings. The van der Waals surface area contributed by atoms with Crippen LogP contribution in [-0.2, 0) is 22.7 Å². The standard InChI is InChI=1S/C30H21F2NO4/c31-26-15-25(29(34)36-18-23-10-5-9-21-7-3-4-11-24(21)23)28(16-27(26)32)33-30(35)37-17-19-12-13-20-6-1-2-8-22(20)14-19/h1-16H,17-18H2,(H,33,35). The van der Waals surface area contributed by atoms with Crippen LogP contribution in [0.25, 0.3) is 21.5 Å². The normalized spacial score (nSPS) is 10.9. The zero-order chi connectivity index (χ0) is 25.8. The van der Waals surface area contributed by atoms with Crippen molar-refractivity contribution in [3.05, 3.63) is 125 Å².